The number of nitrogens with one attached hydrogen (secondary N) is 1. The number of pyridine rings is 1. The molecule has 0 aromatic carbocycles. The Morgan fingerprint density at radius 2 is 2.31 bits per heavy atom. The monoisotopic (exact) mass is 284 g/mol. The van der Waals surface area contributed by atoms with Gasteiger partial charge >= 0.3 is 0 Å². The third-order valence-electron chi connectivity index (χ3n) is 2.42. The van der Waals surface area contributed by atoms with Gasteiger partial charge in [0, 0.05) is 24.3 Å². The largest absolute Gasteiger partial charge is 0.351 e. The van der Waals surface area contributed by atoms with Crippen LogP contribution in [0.3, 0.4) is 0 Å². The Balaban J connectivity index is 2.48. The van der Waals surface area contributed by atoms with Gasteiger partial charge in [-0.15, -0.1) is 0 Å². The molecule has 0 unspecified atom stereocenters. The quantitative estimate of drug-likeness (QED) is 0.845. The number of alkyl halides is 1. The molecule has 0 atom stereocenters. The van der Waals surface area contributed by atoms with Crippen LogP contribution in [-0.2, 0) is 0 Å². The fourth-order valence-corrected chi connectivity index (χ4v) is 2.34. The van der Waals surface area contributed by atoms with Gasteiger partial charge in [0.2, 0.25) is 0 Å². The predicted octanol–water partition coefficient (Wildman–Crippen LogP) is 2.62. The van der Waals surface area contributed by atoms with E-state index in [1.54, 1.807) is 24.5 Å². The minimum Gasteiger partial charge on any atom is -0.351 e. The van der Waals surface area contributed by atoms with E-state index in [0.717, 1.165) is 11.8 Å². The molecule has 1 aromatic heterocycles. The Labute approximate surface area is 105 Å². The van der Waals surface area contributed by atoms with Crippen LogP contribution in [0, 0.1) is 5.41 Å². The van der Waals surface area contributed by atoms with Crippen molar-refractivity contribution in [2.75, 3.05) is 11.9 Å². The van der Waals surface area contributed by atoms with Crippen LogP contribution in [0.4, 0.5) is 0 Å². The van der Waals surface area contributed by atoms with Crippen molar-refractivity contribution >= 4 is 21.8 Å². The number of carbonyl (C=O) groups excluding carboxylic acids is 1. The summed E-state index contributed by atoms with van der Waals surface area (Å²) >= 11 is 3.41. The van der Waals surface area contributed by atoms with Gasteiger partial charge in [0.25, 0.3) is 5.91 Å². The standard InChI is InChI=1S/C12H17BrN2O/c1-12(2,5-6-13)9-15-11(16)10-4-3-7-14-8-10/h3-4,7-8H,5-6,9H2,1-2H3,(H,15,16). The van der Waals surface area contributed by atoms with Crippen LogP contribution in [0.2, 0.25) is 0 Å². The molecule has 1 N–H and O–H groups in total. The minimum atomic E-state index is -0.0595. The summed E-state index contributed by atoms with van der Waals surface area (Å²) in [5, 5.41) is 3.87. The summed E-state index contributed by atoms with van der Waals surface area (Å²) in [6, 6.07) is 3.53. The van der Waals surface area contributed by atoms with Gasteiger partial charge in [-0.05, 0) is 24.0 Å². The van der Waals surface area contributed by atoms with Crippen molar-refractivity contribution in [1.29, 1.82) is 0 Å². The van der Waals surface area contributed by atoms with Gasteiger partial charge in [-0.3, -0.25) is 9.78 Å². The maximum Gasteiger partial charge on any atom is 0.252 e. The summed E-state index contributed by atoms with van der Waals surface area (Å²) in [6.07, 6.45) is 4.26. The van der Waals surface area contributed by atoms with Crippen molar-refractivity contribution in [3.63, 3.8) is 0 Å². The average molecular weight is 285 g/mol. The van der Waals surface area contributed by atoms with Crippen LogP contribution in [-0.4, -0.2) is 22.8 Å². The molecule has 88 valence electrons. The van der Waals surface area contributed by atoms with E-state index in [1.165, 1.54) is 0 Å². The first-order valence-electron chi connectivity index (χ1n) is 5.29. The lowest BCUT2D eigenvalue weighted by molar-refractivity contribution is 0.0935. The van der Waals surface area contributed by atoms with E-state index in [-0.39, 0.29) is 11.3 Å². The molecule has 0 aliphatic rings. The minimum absolute atomic E-state index is 0.0595. The summed E-state index contributed by atoms with van der Waals surface area (Å²) in [6.45, 7) is 4.95. The highest BCUT2D eigenvalue weighted by molar-refractivity contribution is 9.09. The summed E-state index contributed by atoms with van der Waals surface area (Å²) in [5.41, 5.74) is 0.721. The molecule has 1 heterocycles. The van der Waals surface area contributed by atoms with E-state index in [4.69, 9.17) is 0 Å². The molecule has 0 fully saturated rings. The molecular weight excluding hydrogens is 268 g/mol. The zero-order chi connectivity index (χ0) is 12.0. The maximum absolute atomic E-state index is 11.7. The highest BCUT2D eigenvalue weighted by Gasteiger charge is 2.18. The van der Waals surface area contributed by atoms with Crippen molar-refractivity contribution in [3.8, 4) is 0 Å². The maximum atomic E-state index is 11.7. The van der Waals surface area contributed by atoms with Crippen LogP contribution in [0.25, 0.3) is 0 Å². The van der Waals surface area contributed by atoms with Gasteiger partial charge in [0.05, 0.1) is 5.56 Å². The molecule has 3 nitrogen and oxygen atoms in total. The van der Waals surface area contributed by atoms with Crippen LogP contribution in [0.15, 0.2) is 24.5 Å². The van der Waals surface area contributed by atoms with Gasteiger partial charge in [0.1, 0.15) is 0 Å². The lowest BCUT2D eigenvalue weighted by Crippen LogP contribution is -2.34. The highest BCUT2D eigenvalue weighted by atomic mass is 79.9. The van der Waals surface area contributed by atoms with Crippen molar-refractivity contribution < 1.29 is 4.79 Å². The third-order valence-corrected chi connectivity index (χ3v) is 2.82. The number of nitrogens with zero attached hydrogens (tertiary/aromatic N) is 1. The average Bonchev–Trinajstić information content (AvgIpc) is 2.27. The van der Waals surface area contributed by atoms with Crippen LogP contribution in [0.1, 0.15) is 30.6 Å². The molecule has 0 bridgehead atoms. The molecule has 0 saturated heterocycles. The van der Waals surface area contributed by atoms with Crippen molar-refractivity contribution in [2.45, 2.75) is 20.3 Å². The zero-order valence-corrected chi connectivity index (χ0v) is 11.3. The molecule has 1 rings (SSSR count). The number of carbonyl (C=O) groups is 1. The second kappa shape index (κ2) is 5.99. The Hall–Kier alpha value is -0.900. The lowest BCUT2D eigenvalue weighted by Gasteiger charge is -2.23. The topological polar surface area (TPSA) is 42.0 Å². The van der Waals surface area contributed by atoms with Crippen LogP contribution in [0.5, 0.6) is 0 Å². The number of aromatic nitrogens is 1. The molecule has 4 heteroatoms. The number of hydrogen-bond donors (Lipinski definition) is 1. The summed E-state index contributed by atoms with van der Waals surface area (Å²) < 4.78 is 0. The Kier molecular flexibility index (Phi) is 4.93. The number of amides is 1. The molecule has 0 aliphatic heterocycles. The first-order valence-corrected chi connectivity index (χ1v) is 6.41. The highest BCUT2D eigenvalue weighted by Crippen LogP contribution is 2.20. The molecule has 0 saturated carbocycles. The number of rotatable bonds is 5. The van der Waals surface area contributed by atoms with E-state index < -0.39 is 0 Å². The molecule has 16 heavy (non-hydrogen) atoms. The van der Waals surface area contributed by atoms with Gasteiger partial charge in [-0.2, -0.15) is 0 Å². The molecule has 0 radical (unpaired) electrons. The van der Waals surface area contributed by atoms with Gasteiger partial charge in [-0.1, -0.05) is 29.8 Å². The molecule has 0 aliphatic carbocycles. The Bertz CT molecular complexity index is 338. The predicted molar refractivity (Wildman–Crippen MR) is 68.8 cm³/mol. The Morgan fingerprint density at radius 3 is 2.88 bits per heavy atom. The van der Waals surface area contributed by atoms with E-state index in [9.17, 15) is 4.79 Å². The summed E-state index contributed by atoms with van der Waals surface area (Å²) in [4.78, 5) is 15.7. The van der Waals surface area contributed by atoms with Gasteiger partial charge in [0.15, 0.2) is 0 Å². The smallest absolute Gasteiger partial charge is 0.252 e. The van der Waals surface area contributed by atoms with Crippen molar-refractivity contribution in [3.05, 3.63) is 30.1 Å². The van der Waals surface area contributed by atoms with Crippen molar-refractivity contribution in [2.24, 2.45) is 5.41 Å². The van der Waals surface area contributed by atoms with E-state index in [0.29, 0.717) is 12.1 Å². The summed E-state index contributed by atoms with van der Waals surface area (Å²) in [7, 11) is 0. The first kappa shape index (κ1) is 13.2. The lowest BCUT2D eigenvalue weighted by atomic mass is 9.90. The Morgan fingerprint density at radius 1 is 1.56 bits per heavy atom. The SMILES string of the molecule is CC(C)(CCBr)CNC(=O)c1cccnc1. The van der Waals surface area contributed by atoms with E-state index >= 15 is 0 Å². The number of halogens is 1. The van der Waals surface area contributed by atoms with Crippen LogP contribution >= 0.6 is 15.9 Å². The number of hydrogen-bond acceptors (Lipinski definition) is 2. The molecule has 1 amide bonds. The second-order valence-corrected chi connectivity index (χ2v) is 5.32. The third kappa shape index (κ3) is 4.31. The molecular formula is C12H17BrN2O. The van der Waals surface area contributed by atoms with E-state index in [2.05, 4.69) is 40.1 Å². The molecule has 1 aromatic rings. The van der Waals surface area contributed by atoms with Gasteiger partial charge in [-0.25, -0.2) is 0 Å². The fourth-order valence-electron chi connectivity index (χ4n) is 1.26. The van der Waals surface area contributed by atoms with Crippen molar-refractivity contribution in [1.82, 2.24) is 10.3 Å². The fraction of sp³-hybridized carbons (Fsp3) is 0.500. The van der Waals surface area contributed by atoms with Crippen LogP contribution < -0.4 is 5.32 Å². The second-order valence-electron chi connectivity index (χ2n) is 4.53. The zero-order valence-electron chi connectivity index (χ0n) is 9.66. The van der Waals surface area contributed by atoms with E-state index in [1.807, 2.05) is 0 Å². The summed E-state index contributed by atoms with van der Waals surface area (Å²) in [5.74, 6) is -0.0595. The normalized spacial score (nSPS) is 11.2. The van der Waals surface area contributed by atoms with Gasteiger partial charge < -0.3 is 5.32 Å². The first-order chi connectivity index (χ1) is 7.55. The molecule has 0 spiro atoms.